The molecule has 0 aliphatic heterocycles. The third kappa shape index (κ3) is 3.75. The Morgan fingerprint density at radius 1 is 1.04 bits per heavy atom. The number of para-hydroxylation sites is 1. The summed E-state index contributed by atoms with van der Waals surface area (Å²) >= 11 is 3.45. The molecule has 0 atom stereocenters. The average Bonchev–Trinajstić information content (AvgIpc) is 2.68. The molecule has 0 bridgehead atoms. The molecule has 0 spiro atoms. The largest absolute Gasteiger partial charge is 0.488 e. The first-order chi connectivity index (χ1) is 13.1. The zero-order valence-corrected chi connectivity index (χ0v) is 15.7. The van der Waals surface area contributed by atoms with E-state index in [1.54, 1.807) is 36.4 Å². The third-order valence-corrected chi connectivity index (χ3v) is 4.61. The van der Waals surface area contributed by atoms with Gasteiger partial charge in [0.15, 0.2) is 0 Å². The van der Waals surface area contributed by atoms with E-state index in [-0.39, 0.29) is 18.0 Å². The highest BCUT2D eigenvalue weighted by molar-refractivity contribution is 9.10. The number of nitrogens with one attached hydrogen (secondary N) is 1. The minimum absolute atomic E-state index is 0.208. The minimum Gasteiger partial charge on any atom is -0.488 e. The highest BCUT2D eigenvalue weighted by Crippen LogP contribution is 2.31. The number of nitrogens with zero attached hydrogens (tertiary/aromatic N) is 1. The molecule has 1 aromatic heterocycles. The SMILES string of the molecule is O=c1[nH]c(-c2cc(Br)ccc2OCc2ccc(F)cc2)nc2ccccc12. The van der Waals surface area contributed by atoms with Gasteiger partial charge in [0.25, 0.3) is 5.56 Å². The highest BCUT2D eigenvalue weighted by atomic mass is 79.9. The molecule has 0 saturated carbocycles. The van der Waals surface area contributed by atoms with Crippen molar-refractivity contribution in [1.29, 1.82) is 0 Å². The van der Waals surface area contributed by atoms with Gasteiger partial charge >= 0.3 is 0 Å². The predicted octanol–water partition coefficient (Wildman–Crippen LogP) is 5.07. The van der Waals surface area contributed by atoms with Crippen LogP contribution >= 0.6 is 15.9 Å². The Balaban J connectivity index is 1.73. The maximum atomic E-state index is 13.1. The van der Waals surface area contributed by atoms with Crippen molar-refractivity contribution in [3.8, 4) is 17.1 Å². The molecule has 1 N–H and O–H groups in total. The van der Waals surface area contributed by atoms with Crippen LogP contribution in [0.25, 0.3) is 22.3 Å². The first-order valence-electron chi connectivity index (χ1n) is 8.26. The third-order valence-electron chi connectivity index (χ3n) is 4.12. The van der Waals surface area contributed by atoms with Crippen LogP contribution in [0.15, 0.2) is 76.0 Å². The quantitative estimate of drug-likeness (QED) is 0.497. The van der Waals surface area contributed by atoms with Crippen LogP contribution in [0.4, 0.5) is 4.39 Å². The Hall–Kier alpha value is -2.99. The molecule has 0 aliphatic carbocycles. The Kier molecular flexibility index (Phi) is 4.73. The molecule has 3 aromatic carbocycles. The van der Waals surface area contributed by atoms with Crippen molar-refractivity contribution < 1.29 is 9.13 Å². The summed E-state index contributed by atoms with van der Waals surface area (Å²) in [6.07, 6.45) is 0. The standard InChI is InChI=1S/C21H14BrFN2O2/c22-14-7-10-19(27-12-13-5-8-15(23)9-6-13)17(11-14)20-24-18-4-2-1-3-16(18)21(26)25-20/h1-11H,12H2,(H,24,25,26). The molecule has 1 heterocycles. The second-order valence-electron chi connectivity index (χ2n) is 5.99. The van der Waals surface area contributed by atoms with Gasteiger partial charge in [0.1, 0.15) is 24.0 Å². The molecule has 0 radical (unpaired) electrons. The molecule has 6 heteroatoms. The maximum absolute atomic E-state index is 13.1. The number of aromatic amines is 1. The zero-order chi connectivity index (χ0) is 18.8. The smallest absolute Gasteiger partial charge is 0.259 e. The van der Waals surface area contributed by atoms with Gasteiger partial charge in [-0.3, -0.25) is 4.79 Å². The molecule has 4 rings (SSSR count). The predicted molar refractivity (Wildman–Crippen MR) is 106 cm³/mol. The molecule has 0 amide bonds. The van der Waals surface area contributed by atoms with E-state index in [2.05, 4.69) is 25.9 Å². The first kappa shape index (κ1) is 17.4. The molecule has 0 fully saturated rings. The van der Waals surface area contributed by atoms with Gasteiger partial charge in [0.2, 0.25) is 0 Å². The van der Waals surface area contributed by atoms with E-state index in [1.165, 1.54) is 12.1 Å². The van der Waals surface area contributed by atoms with Crippen LogP contribution < -0.4 is 10.3 Å². The number of rotatable bonds is 4. The average molecular weight is 425 g/mol. The zero-order valence-electron chi connectivity index (χ0n) is 14.1. The van der Waals surface area contributed by atoms with E-state index in [0.717, 1.165) is 10.0 Å². The van der Waals surface area contributed by atoms with E-state index >= 15 is 0 Å². The van der Waals surface area contributed by atoms with Crippen molar-refractivity contribution in [3.05, 3.63) is 92.9 Å². The van der Waals surface area contributed by atoms with Crippen LogP contribution in [-0.4, -0.2) is 9.97 Å². The fraction of sp³-hybridized carbons (Fsp3) is 0.0476. The van der Waals surface area contributed by atoms with Crippen molar-refractivity contribution in [2.75, 3.05) is 0 Å². The lowest BCUT2D eigenvalue weighted by Crippen LogP contribution is -2.10. The van der Waals surface area contributed by atoms with Gasteiger partial charge in [-0.1, -0.05) is 40.2 Å². The first-order valence-corrected chi connectivity index (χ1v) is 9.06. The lowest BCUT2D eigenvalue weighted by molar-refractivity contribution is 0.307. The maximum Gasteiger partial charge on any atom is 0.259 e. The lowest BCUT2D eigenvalue weighted by atomic mass is 10.1. The number of aromatic nitrogens is 2. The summed E-state index contributed by atoms with van der Waals surface area (Å²) in [6, 6.07) is 18.8. The molecule has 4 aromatic rings. The number of hydrogen-bond donors (Lipinski definition) is 1. The van der Waals surface area contributed by atoms with Crippen molar-refractivity contribution in [1.82, 2.24) is 9.97 Å². The molecular weight excluding hydrogens is 411 g/mol. The van der Waals surface area contributed by atoms with Gasteiger partial charge < -0.3 is 9.72 Å². The van der Waals surface area contributed by atoms with Gasteiger partial charge in [-0.15, -0.1) is 0 Å². The molecule has 27 heavy (non-hydrogen) atoms. The monoisotopic (exact) mass is 424 g/mol. The van der Waals surface area contributed by atoms with E-state index < -0.39 is 0 Å². The van der Waals surface area contributed by atoms with Gasteiger partial charge in [-0.25, -0.2) is 9.37 Å². The van der Waals surface area contributed by atoms with Crippen molar-refractivity contribution >= 4 is 26.8 Å². The van der Waals surface area contributed by atoms with Crippen LogP contribution in [0.2, 0.25) is 0 Å². The minimum atomic E-state index is -0.291. The van der Waals surface area contributed by atoms with Crippen molar-refractivity contribution in [2.45, 2.75) is 6.61 Å². The van der Waals surface area contributed by atoms with E-state index in [9.17, 15) is 9.18 Å². The van der Waals surface area contributed by atoms with Crippen LogP contribution in [0.1, 0.15) is 5.56 Å². The fourth-order valence-electron chi connectivity index (χ4n) is 2.77. The van der Waals surface area contributed by atoms with Crippen molar-refractivity contribution in [2.24, 2.45) is 0 Å². The highest BCUT2D eigenvalue weighted by Gasteiger charge is 2.12. The molecule has 134 valence electrons. The Morgan fingerprint density at radius 3 is 2.63 bits per heavy atom. The van der Waals surface area contributed by atoms with Gasteiger partial charge in [0.05, 0.1) is 16.5 Å². The number of H-pyrrole nitrogens is 1. The van der Waals surface area contributed by atoms with Gasteiger partial charge in [-0.05, 0) is 48.0 Å². The topological polar surface area (TPSA) is 55.0 Å². The van der Waals surface area contributed by atoms with E-state index in [1.807, 2.05) is 18.2 Å². The van der Waals surface area contributed by atoms with Gasteiger partial charge in [0, 0.05) is 4.47 Å². The van der Waals surface area contributed by atoms with Crippen LogP contribution in [-0.2, 0) is 6.61 Å². The summed E-state index contributed by atoms with van der Waals surface area (Å²) in [5, 5.41) is 0.532. The summed E-state index contributed by atoms with van der Waals surface area (Å²) in [4.78, 5) is 19.8. The van der Waals surface area contributed by atoms with Gasteiger partial charge in [-0.2, -0.15) is 0 Å². The second kappa shape index (κ2) is 7.32. The van der Waals surface area contributed by atoms with Crippen LogP contribution in [0.3, 0.4) is 0 Å². The molecular formula is C21H14BrFN2O2. The van der Waals surface area contributed by atoms with E-state index in [4.69, 9.17) is 4.74 Å². The normalized spacial score (nSPS) is 10.9. The molecule has 0 unspecified atom stereocenters. The number of ether oxygens (including phenoxy) is 1. The number of benzene rings is 3. The Labute approximate surface area is 162 Å². The summed E-state index contributed by atoms with van der Waals surface area (Å²) in [7, 11) is 0. The fourth-order valence-corrected chi connectivity index (χ4v) is 3.13. The van der Waals surface area contributed by atoms with E-state index in [0.29, 0.717) is 28.0 Å². The Bertz CT molecular complexity index is 1170. The summed E-state index contributed by atoms with van der Waals surface area (Å²) in [6.45, 7) is 0.271. The number of halogens is 2. The summed E-state index contributed by atoms with van der Waals surface area (Å²) in [5.41, 5.74) is 1.90. The number of hydrogen-bond acceptors (Lipinski definition) is 3. The molecule has 4 nitrogen and oxygen atoms in total. The van der Waals surface area contributed by atoms with Crippen molar-refractivity contribution in [3.63, 3.8) is 0 Å². The van der Waals surface area contributed by atoms with Crippen LogP contribution in [0.5, 0.6) is 5.75 Å². The Morgan fingerprint density at radius 2 is 1.81 bits per heavy atom. The molecule has 0 aliphatic rings. The molecule has 0 saturated heterocycles. The lowest BCUT2D eigenvalue weighted by Gasteiger charge is -2.12. The summed E-state index contributed by atoms with van der Waals surface area (Å²) < 4.78 is 19.8. The van der Waals surface area contributed by atoms with Crippen LogP contribution in [0, 0.1) is 5.82 Å². The number of fused-ring (bicyclic) bond motifs is 1. The second-order valence-corrected chi connectivity index (χ2v) is 6.90. The summed E-state index contributed by atoms with van der Waals surface area (Å²) in [5.74, 6) is 0.705.